The molecule has 0 bridgehead atoms. The second kappa shape index (κ2) is 6.01. The summed E-state index contributed by atoms with van der Waals surface area (Å²) in [6, 6.07) is 9.76. The fraction of sp³-hybridized carbons (Fsp3) is 0.250. The number of benzene rings is 2. The maximum atomic E-state index is 13.2. The van der Waals surface area contributed by atoms with E-state index in [1.165, 1.54) is 30.3 Å². The van der Waals surface area contributed by atoms with E-state index in [9.17, 15) is 13.9 Å². The highest BCUT2D eigenvalue weighted by Gasteiger charge is 2.15. The Morgan fingerprint density at radius 2 is 1.65 bits per heavy atom. The number of hydrogen-bond acceptors (Lipinski definition) is 2. The zero-order chi connectivity index (χ0) is 14.7. The van der Waals surface area contributed by atoms with Gasteiger partial charge in [-0.15, -0.1) is 0 Å². The average molecular weight is 277 g/mol. The van der Waals surface area contributed by atoms with Gasteiger partial charge in [0.15, 0.2) is 0 Å². The van der Waals surface area contributed by atoms with Gasteiger partial charge >= 0.3 is 0 Å². The van der Waals surface area contributed by atoms with Gasteiger partial charge in [-0.1, -0.05) is 12.1 Å². The van der Waals surface area contributed by atoms with Crippen molar-refractivity contribution in [2.45, 2.75) is 25.9 Å². The van der Waals surface area contributed by atoms with Crippen LogP contribution in [0.25, 0.3) is 0 Å². The summed E-state index contributed by atoms with van der Waals surface area (Å²) in [6.07, 6.45) is 0. The zero-order valence-corrected chi connectivity index (χ0v) is 11.4. The SMILES string of the molecule is CC(NC(C)c1cc(F)ccc1O)c1cccc(F)c1. The summed E-state index contributed by atoms with van der Waals surface area (Å²) in [5.74, 6) is -0.653. The Hall–Kier alpha value is -1.94. The summed E-state index contributed by atoms with van der Waals surface area (Å²) in [4.78, 5) is 0. The van der Waals surface area contributed by atoms with Gasteiger partial charge in [-0.3, -0.25) is 0 Å². The van der Waals surface area contributed by atoms with E-state index in [1.54, 1.807) is 6.07 Å². The number of nitrogens with one attached hydrogen (secondary N) is 1. The van der Waals surface area contributed by atoms with Crippen LogP contribution in [0.4, 0.5) is 8.78 Å². The monoisotopic (exact) mass is 277 g/mol. The largest absolute Gasteiger partial charge is 0.508 e. The molecule has 2 aromatic carbocycles. The first-order valence-electron chi connectivity index (χ1n) is 6.47. The van der Waals surface area contributed by atoms with Crippen molar-refractivity contribution in [3.63, 3.8) is 0 Å². The highest BCUT2D eigenvalue weighted by Crippen LogP contribution is 2.27. The minimum atomic E-state index is -0.398. The highest BCUT2D eigenvalue weighted by atomic mass is 19.1. The Morgan fingerprint density at radius 3 is 2.35 bits per heavy atom. The van der Waals surface area contributed by atoms with Gasteiger partial charge < -0.3 is 10.4 Å². The summed E-state index contributed by atoms with van der Waals surface area (Å²) < 4.78 is 26.4. The predicted octanol–water partition coefficient (Wildman–Crippen LogP) is 4.08. The molecule has 106 valence electrons. The minimum Gasteiger partial charge on any atom is -0.508 e. The quantitative estimate of drug-likeness (QED) is 0.882. The van der Waals surface area contributed by atoms with Crippen LogP contribution in [0, 0.1) is 11.6 Å². The summed E-state index contributed by atoms with van der Waals surface area (Å²) in [7, 11) is 0. The number of phenolic OH excluding ortho intramolecular Hbond substituents is 1. The van der Waals surface area contributed by atoms with Gasteiger partial charge in [0.05, 0.1) is 0 Å². The molecule has 2 rings (SSSR count). The first-order chi connectivity index (χ1) is 9.47. The lowest BCUT2D eigenvalue weighted by atomic mass is 10.0. The minimum absolute atomic E-state index is 0.0397. The summed E-state index contributed by atoms with van der Waals surface area (Å²) in [6.45, 7) is 3.71. The van der Waals surface area contributed by atoms with Crippen molar-refractivity contribution in [3.8, 4) is 5.75 Å². The van der Waals surface area contributed by atoms with Crippen molar-refractivity contribution >= 4 is 0 Å². The highest BCUT2D eigenvalue weighted by molar-refractivity contribution is 5.35. The summed E-state index contributed by atoms with van der Waals surface area (Å²) in [5.41, 5.74) is 1.28. The number of phenols is 1. The molecule has 0 aliphatic heterocycles. The van der Waals surface area contributed by atoms with Gasteiger partial charge in [0.25, 0.3) is 0 Å². The fourth-order valence-electron chi connectivity index (χ4n) is 2.21. The van der Waals surface area contributed by atoms with Crippen molar-refractivity contribution in [3.05, 3.63) is 65.2 Å². The third-order valence-electron chi connectivity index (χ3n) is 3.30. The molecule has 0 aromatic heterocycles. The van der Waals surface area contributed by atoms with Gasteiger partial charge in [0.1, 0.15) is 17.4 Å². The van der Waals surface area contributed by atoms with E-state index in [1.807, 2.05) is 19.9 Å². The maximum Gasteiger partial charge on any atom is 0.123 e. The number of aromatic hydroxyl groups is 1. The molecule has 0 saturated heterocycles. The van der Waals surface area contributed by atoms with E-state index in [4.69, 9.17) is 0 Å². The maximum absolute atomic E-state index is 13.2. The molecule has 0 spiro atoms. The molecular weight excluding hydrogens is 260 g/mol. The molecule has 0 heterocycles. The van der Waals surface area contributed by atoms with Gasteiger partial charge in [0.2, 0.25) is 0 Å². The second-order valence-corrected chi connectivity index (χ2v) is 4.87. The van der Waals surface area contributed by atoms with Gasteiger partial charge in [-0.25, -0.2) is 8.78 Å². The molecule has 0 radical (unpaired) electrons. The van der Waals surface area contributed by atoms with Crippen molar-refractivity contribution in [2.75, 3.05) is 0 Å². The van der Waals surface area contributed by atoms with E-state index in [2.05, 4.69) is 5.32 Å². The van der Waals surface area contributed by atoms with Crippen LogP contribution >= 0.6 is 0 Å². The van der Waals surface area contributed by atoms with E-state index in [-0.39, 0.29) is 23.7 Å². The standard InChI is InChI=1S/C16H17F2NO/c1-10(12-4-3-5-13(17)8-12)19-11(2)15-9-14(18)6-7-16(15)20/h3-11,19-20H,1-2H3. The van der Waals surface area contributed by atoms with Gasteiger partial charge in [-0.2, -0.15) is 0 Å². The summed E-state index contributed by atoms with van der Waals surface area (Å²) in [5, 5.41) is 13.0. The fourth-order valence-corrected chi connectivity index (χ4v) is 2.21. The molecule has 0 fully saturated rings. The van der Waals surface area contributed by atoms with Crippen LogP contribution in [0.1, 0.15) is 37.1 Å². The lowest BCUT2D eigenvalue weighted by Crippen LogP contribution is -2.22. The van der Waals surface area contributed by atoms with Crippen molar-refractivity contribution in [2.24, 2.45) is 0 Å². The normalized spacial score (nSPS) is 14.0. The topological polar surface area (TPSA) is 32.3 Å². The number of halogens is 2. The molecule has 2 N–H and O–H groups in total. The Kier molecular flexibility index (Phi) is 4.35. The van der Waals surface area contributed by atoms with E-state index >= 15 is 0 Å². The molecule has 0 saturated carbocycles. The molecule has 4 heteroatoms. The number of hydrogen-bond donors (Lipinski definition) is 2. The van der Waals surface area contributed by atoms with Crippen LogP contribution in [0.3, 0.4) is 0 Å². The van der Waals surface area contributed by atoms with Crippen LogP contribution in [-0.2, 0) is 0 Å². The molecule has 20 heavy (non-hydrogen) atoms. The smallest absolute Gasteiger partial charge is 0.123 e. The zero-order valence-electron chi connectivity index (χ0n) is 11.4. The molecule has 0 amide bonds. The molecule has 0 aliphatic carbocycles. The Labute approximate surface area is 117 Å². The lowest BCUT2D eigenvalue weighted by Gasteiger charge is -2.21. The van der Waals surface area contributed by atoms with Gasteiger partial charge in [0, 0.05) is 17.6 Å². The molecule has 2 aromatic rings. The van der Waals surface area contributed by atoms with Crippen molar-refractivity contribution in [1.29, 1.82) is 0 Å². The Balaban J connectivity index is 2.15. The molecule has 2 unspecified atom stereocenters. The van der Waals surface area contributed by atoms with E-state index in [0.29, 0.717) is 5.56 Å². The Bertz CT molecular complexity index is 601. The third kappa shape index (κ3) is 3.33. The molecule has 2 atom stereocenters. The predicted molar refractivity (Wildman–Crippen MR) is 74.4 cm³/mol. The lowest BCUT2D eigenvalue weighted by molar-refractivity contribution is 0.434. The summed E-state index contributed by atoms with van der Waals surface area (Å²) >= 11 is 0. The average Bonchev–Trinajstić information content (AvgIpc) is 2.41. The van der Waals surface area contributed by atoms with Crippen molar-refractivity contribution < 1.29 is 13.9 Å². The van der Waals surface area contributed by atoms with Crippen LogP contribution < -0.4 is 5.32 Å². The Morgan fingerprint density at radius 1 is 0.950 bits per heavy atom. The van der Waals surface area contributed by atoms with Crippen molar-refractivity contribution in [1.82, 2.24) is 5.32 Å². The third-order valence-corrected chi connectivity index (χ3v) is 3.30. The van der Waals surface area contributed by atoms with E-state index in [0.717, 1.165) is 5.56 Å². The van der Waals surface area contributed by atoms with Crippen LogP contribution in [0.15, 0.2) is 42.5 Å². The van der Waals surface area contributed by atoms with Gasteiger partial charge in [-0.05, 0) is 49.7 Å². The first-order valence-corrected chi connectivity index (χ1v) is 6.47. The van der Waals surface area contributed by atoms with Crippen LogP contribution in [0.5, 0.6) is 5.75 Å². The van der Waals surface area contributed by atoms with Crippen LogP contribution in [-0.4, -0.2) is 5.11 Å². The second-order valence-electron chi connectivity index (χ2n) is 4.87. The molecule has 0 aliphatic rings. The first kappa shape index (κ1) is 14.5. The molecular formula is C16H17F2NO. The number of rotatable bonds is 4. The molecule has 2 nitrogen and oxygen atoms in total. The van der Waals surface area contributed by atoms with Crippen LogP contribution in [0.2, 0.25) is 0 Å². The van der Waals surface area contributed by atoms with E-state index < -0.39 is 5.82 Å².